The minimum atomic E-state index is -1.11. The van der Waals surface area contributed by atoms with Crippen molar-refractivity contribution in [2.75, 3.05) is 0 Å². The molecule has 0 aliphatic heterocycles. The molecule has 0 bridgehead atoms. The topological polar surface area (TPSA) is 80.3 Å². The largest absolute Gasteiger partial charge is 2.00 e. The van der Waals surface area contributed by atoms with Gasteiger partial charge in [0.25, 0.3) is 0 Å². The predicted octanol–water partition coefficient (Wildman–Crippen LogP) is 1.74. The Morgan fingerprint density at radius 1 is 0.762 bits per heavy atom. The van der Waals surface area contributed by atoms with Gasteiger partial charge in [-0.25, -0.2) is 0 Å². The third-order valence-corrected chi connectivity index (χ3v) is 2.74. The number of hydrogen-bond donors (Lipinski definition) is 0. The fourth-order valence-corrected chi connectivity index (χ4v) is 1.38. The van der Waals surface area contributed by atoms with Crippen molar-refractivity contribution in [2.45, 2.75) is 65.2 Å². The number of carboxylic acid groups (broad SMARTS) is 2. The Hall–Kier alpha value is -0.957. The molecule has 0 aromatic carbocycles. The van der Waals surface area contributed by atoms with E-state index < -0.39 is 11.9 Å². The maximum atomic E-state index is 10.1. The van der Waals surface area contributed by atoms with Crippen LogP contribution >= 0.6 is 0 Å². The molecular formula is C16H26O4Zn. The summed E-state index contributed by atoms with van der Waals surface area (Å²) in [7, 11) is 0. The Bertz CT molecular complexity index is 292. The van der Waals surface area contributed by atoms with E-state index in [9.17, 15) is 19.8 Å². The molecule has 0 atom stereocenters. The summed E-state index contributed by atoms with van der Waals surface area (Å²) in [5.41, 5.74) is 0.432. The molecule has 0 aromatic heterocycles. The van der Waals surface area contributed by atoms with Crippen LogP contribution in [0.15, 0.2) is 24.3 Å². The summed E-state index contributed by atoms with van der Waals surface area (Å²) in [6.07, 6.45) is 7.26. The van der Waals surface area contributed by atoms with Crippen molar-refractivity contribution < 1.29 is 39.3 Å². The van der Waals surface area contributed by atoms with Crippen molar-refractivity contribution in [3.8, 4) is 0 Å². The van der Waals surface area contributed by atoms with Crippen molar-refractivity contribution >= 4 is 11.9 Å². The molecule has 0 saturated carbocycles. The van der Waals surface area contributed by atoms with Gasteiger partial charge in [0.15, 0.2) is 0 Å². The molecule has 0 rings (SSSR count). The minimum Gasteiger partial charge on any atom is -0.545 e. The summed E-state index contributed by atoms with van der Waals surface area (Å²) in [6, 6.07) is 0. The van der Waals surface area contributed by atoms with Crippen molar-refractivity contribution in [2.24, 2.45) is 0 Å². The van der Waals surface area contributed by atoms with Crippen LogP contribution in [-0.2, 0) is 29.1 Å². The number of unbranched alkanes of at least 4 members (excludes halogenated alkanes) is 4. The second-order valence-corrected chi connectivity index (χ2v) is 4.70. The second-order valence-electron chi connectivity index (χ2n) is 4.70. The molecule has 5 heteroatoms. The molecule has 0 spiro atoms. The summed E-state index contributed by atoms with van der Waals surface area (Å²) in [5.74, 6) is -2.23. The van der Waals surface area contributed by atoms with E-state index in [0.717, 1.165) is 38.5 Å². The molecule has 0 aliphatic rings. The van der Waals surface area contributed by atoms with Crippen LogP contribution in [0.1, 0.15) is 65.2 Å². The van der Waals surface area contributed by atoms with Crippen LogP contribution in [0.2, 0.25) is 0 Å². The molecule has 0 aliphatic carbocycles. The maximum Gasteiger partial charge on any atom is 2.00 e. The van der Waals surface area contributed by atoms with Gasteiger partial charge >= 0.3 is 19.5 Å². The fraction of sp³-hybridized carbons (Fsp3) is 0.625. The first-order chi connectivity index (χ1) is 9.36. The summed E-state index contributed by atoms with van der Waals surface area (Å²) in [6.45, 7) is 10.9. The molecule has 0 N–H and O–H groups in total. The van der Waals surface area contributed by atoms with Gasteiger partial charge in [0.2, 0.25) is 0 Å². The van der Waals surface area contributed by atoms with E-state index in [1.807, 2.05) is 0 Å². The van der Waals surface area contributed by atoms with E-state index >= 15 is 0 Å². The Kier molecular flexibility index (Phi) is 20.4. The molecule has 0 saturated heterocycles. The van der Waals surface area contributed by atoms with Crippen LogP contribution < -0.4 is 10.2 Å². The molecule has 0 heterocycles. The summed E-state index contributed by atoms with van der Waals surface area (Å²) >= 11 is 0. The number of carbonyl (C=O) groups excluding carboxylic acids is 2. The van der Waals surface area contributed by atoms with E-state index in [-0.39, 0.29) is 30.6 Å². The number of carbonyl (C=O) groups is 2. The first-order valence-corrected chi connectivity index (χ1v) is 7.14. The zero-order valence-corrected chi connectivity index (χ0v) is 16.4. The summed E-state index contributed by atoms with van der Waals surface area (Å²) < 4.78 is 0. The van der Waals surface area contributed by atoms with Crippen molar-refractivity contribution in [3.63, 3.8) is 0 Å². The smallest absolute Gasteiger partial charge is 0.545 e. The van der Waals surface area contributed by atoms with E-state index in [0.29, 0.717) is 12.8 Å². The zero-order valence-electron chi connectivity index (χ0n) is 13.4. The number of aliphatic carboxylic acids is 2. The summed E-state index contributed by atoms with van der Waals surface area (Å²) in [5, 5.41) is 20.2. The van der Waals surface area contributed by atoms with Gasteiger partial charge in [-0.15, -0.1) is 0 Å². The van der Waals surface area contributed by atoms with Gasteiger partial charge in [-0.3, -0.25) is 0 Å². The standard InChI is InChI=1S/2C8H14O2.Zn/c2*1-3-4-5-6-7(2)8(9)10;/h2*2-6H2,1H3,(H,9,10);/q;;+2/p-2. The molecule has 0 amide bonds. The quantitative estimate of drug-likeness (QED) is 0.342. The third kappa shape index (κ3) is 19.0. The van der Waals surface area contributed by atoms with Gasteiger partial charge in [0.05, 0.1) is 11.9 Å². The predicted molar refractivity (Wildman–Crippen MR) is 76.6 cm³/mol. The average Bonchev–Trinajstić information content (AvgIpc) is 2.39. The monoisotopic (exact) mass is 346 g/mol. The van der Waals surface area contributed by atoms with Crippen molar-refractivity contribution in [1.82, 2.24) is 0 Å². The Morgan fingerprint density at radius 2 is 1.05 bits per heavy atom. The molecule has 0 aromatic rings. The maximum absolute atomic E-state index is 10.1. The normalized spacial score (nSPS) is 8.86. The van der Waals surface area contributed by atoms with Crippen LogP contribution in [0.5, 0.6) is 0 Å². The minimum absolute atomic E-state index is 0. The molecule has 21 heavy (non-hydrogen) atoms. The molecule has 0 radical (unpaired) electrons. The number of carboxylic acids is 2. The molecule has 116 valence electrons. The van der Waals surface area contributed by atoms with Crippen LogP contribution in [0.4, 0.5) is 0 Å². The van der Waals surface area contributed by atoms with Gasteiger partial charge in [0.1, 0.15) is 0 Å². The molecular weight excluding hydrogens is 322 g/mol. The van der Waals surface area contributed by atoms with Gasteiger partial charge < -0.3 is 19.8 Å². The van der Waals surface area contributed by atoms with Crippen LogP contribution in [-0.4, -0.2) is 11.9 Å². The Balaban J connectivity index is -0.000000295. The molecule has 4 nitrogen and oxygen atoms in total. The van der Waals surface area contributed by atoms with Crippen LogP contribution in [0, 0.1) is 0 Å². The SMILES string of the molecule is C=C(CCCCC)C(=O)[O-].C=C(CCCCC)C(=O)[O-].[Zn+2]. The van der Waals surface area contributed by atoms with Gasteiger partial charge in [-0.05, 0) is 36.8 Å². The van der Waals surface area contributed by atoms with Gasteiger partial charge in [-0.2, -0.15) is 0 Å². The van der Waals surface area contributed by atoms with Crippen LogP contribution in [0.25, 0.3) is 0 Å². The Morgan fingerprint density at radius 3 is 1.24 bits per heavy atom. The Labute approximate surface area is 141 Å². The van der Waals surface area contributed by atoms with Gasteiger partial charge in [-0.1, -0.05) is 52.7 Å². The molecule has 0 unspecified atom stereocenters. The fourth-order valence-electron chi connectivity index (χ4n) is 1.38. The first-order valence-electron chi connectivity index (χ1n) is 7.14. The van der Waals surface area contributed by atoms with Crippen molar-refractivity contribution in [3.05, 3.63) is 24.3 Å². The second kappa shape index (κ2) is 17.1. The van der Waals surface area contributed by atoms with Crippen LogP contribution in [0.3, 0.4) is 0 Å². The van der Waals surface area contributed by atoms with Crippen molar-refractivity contribution in [1.29, 1.82) is 0 Å². The number of hydrogen-bond acceptors (Lipinski definition) is 4. The average molecular weight is 348 g/mol. The third-order valence-electron chi connectivity index (χ3n) is 2.74. The number of rotatable bonds is 10. The van der Waals surface area contributed by atoms with E-state index in [4.69, 9.17) is 0 Å². The summed E-state index contributed by atoms with van der Waals surface area (Å²) in [4.78, 5) is 20.2. The first kappa shape index (κ1) is 25.0. The zero-order chi connectivity index (χ0) is 16.0. The van der Waals surface area contributed by atoms with E-state index in [1.54, 1.807) is 0 Å². The molecule has 0 fully saturated rings. The van der Waals surface area contributed by atoms with E-state index in [1.165, 1.54) is 0 Å². The van der Waals surface area contributed by atoms with Gasteiger partial charge in [0, 0.05) is 0 Å². The van der Waals surface area contributed by atoms with E-state index in [2.05, 4.69) is 27.0 Å².